The Hall–Kier alpha value is -1.11. The molecule has 7 heteroatoms. The van der Waals surface area contributed by atoms with Crippen molar-refractivity contribution in [2.45, 2.75) is 12.8 Å². The van der Waals surface area contributed by atoms with E-state index in [1.165, 1.54) is 0 Å². The average Bonchev–Trinajstić information content (AvgIpc) is 2.33. The number of esters is 1. The van der Waals surface area contributed by atoms with E-state index in [0.717, 1.165) is 11.8 Å². The first kappa shape index (κ1) is 15.9. The quantitative estimate of drug-likeness (QED) is 0.610. The molecule has 1 aromatic rings. The Labute approximate surface area is 118 Å². The van der Waals surface area contributed by atoms with E-state index in [4.69, 9.17) is 16.3 Å². The summed E-state index contributed by atoms with van der Waals surface area (Å²) in [5.41, 5.74) is 0.996. The molecular weight excluding hydrogens is 290 g/mol. The second-order valence-electron chi connectivity index (χ2n) is 4.01. The van der Waals surface area contributed by atoms with Crippen LogP contribution in [0.25, 0.3) is 0 Å². The topological polar surface area (TPSA) is 72.5 Å². The van der Waals surface area contributed by atoms with E-state index in [9.17, 15) is 13.2 Å². The molecule has 0 bridgehead atoms. The van der Waals surface area contributed by atoms with Crippen LogP contribution in [0, 0.1) is 0 Å². The zero-order valence-corrected chi connectivity index (χ0v) is 12.1. The summed E-state index contributed by atoms with van der Waals surface area (Å²) >= 11 is 5.75. The number of benzene rings is 1. The van der Waals surface area contributed by atoms with Gasteiger partial charge in [-0.3, -0.25) is 4.79 Å². The molecule has 0 aliphatic rings. The maximum absolute atomic E-state index is 11.4. The predicted octanol–water partition coefficient (Wildman–Crippen LogP) is 1.36. The molecule has 0 fully saturated rings. The minimum absolute atomic E-state index is 0.0342. The van der Waals surface area contributed by atoms with Crippen molar-refractivity contribution in [3.63, 3.8) is 0 Å². The highest BCUT2D eigenvalue weighted by molar-refractivity contribution is 7.88. The van der Waals surface area contributed by atoms with Crippen LogP contribution in [0.15, 0.2) is 24.3 Å². The highest BCUT2D eigenvalue weighted by atomic mass is 35.5. The maximum Gasteiger partial charge on any atom is 0.306 e. The smallest absolute Gasteiger partial charge is 0.306 e. The van der Waals surface area contributed by atoms with Gasteiger partial charge in [0.2, 0.25) is 10.0 Å². The van der Waals surface area contributed by atoms with Gasteiger partial charge in [-0.25, -0.2) is 13.1 Å². The van der Waals surface area contributed by atoms with Crippen molar-refractivity contribution in [3.8, 4) is 0 Å². The van der Waals surface area contributed by atoms with Crippen LogP contribution in [-0.2, 0) is 26.0 Å². The number of hydrogen-bond donors (Lipinski definition) is 1. The van der Waals surface area contributed by atoms with Crippen LogP contribution in [-0.4, -0.2) is 33.8 Å². The lowest BCUT2D eigenvalue weighted by atomic mass is 10.1. The van der Waals surface area contributed by atoms with Gasteiger partial charge in [0, 0.05) is 18.0 Å². The third-order valence-corrected chi connectivity index (χ3v) is 3.24. The molecule has 1 rings (SSSR count). The fourth-order valence-electron chi connectivity index (χ4n) is 1.36. The van der Waals surface area contributed by atoms with Crippen LogP contribution in [0.2, 0.25) is 5.02 Å². The van der Waals surface area contributed by atoms with Crippen molar-refractivity contribution in [2.75, 3.05) is 19.4 Å². The van der Waals surface area contributed by atoms with Crippen LogP contribution in [0.3, 0.4) is 0 Å². The van der Waals surface area contributed by atoms with E-state index >= 15 is 0 Å². The van der Waals surface area contributed by atoms with Crippen LogP contribution < -0.4 is 4.72 Å². The molecule has 0 aliphatic heterocycles. The number of ether oxygens (including phenoxy) is 1. The number of nitrogens with one attached hydrogen (secondary N) is 1. The Morgan fingerprint density at radius 3 is 2.53 bits per heavy atom. The molecule has 0 aromatic heterocycles. The van der Waals surface area contributed by atoms with Crippen molar-refractivity contribution >= 4 is 27.6 Å². The summed E-state index contributed by atoms with van der Waals surface area (Å²) in [6.07, 6.45) is 1.87. The zero-order chi connectivity index (χ0) is 14.3. The molecule has 0 saturated heterocycles. The van der Waals surface area contributed by atoms with Crippen LogP contribution in [0.4, 0.5) is 0 Å². The molecule has 0 aliphatic carbocycles. The number of aryl methyl sites for hydroxylation is 1. The number of hydrogen-bond acceptors (Lipinski definition) is 4. The summed E-state index contributed by atoms with van der Waals surface area (Å²) in [4.78, 5) is 11.4. The molecule has 19 heavy (non-hydrogen) atoms. The normalized spacial score (nSPS) is 11.3. The van der Waals surface area contributed by atoms with Gasteiger partial charge in [-0.2, -0.15) is 0 Å². The number of carbonyl (C=O) groups excluding carboxylic acids is 1. The first-order chi connectivity index (χ1) is 8.87. The average molecular weight is 306 g/mol. The number of carbonyl (C=O) groups is 1. The first-order valence-corrected chi connectivity index (χ1v) is 7.98. The lowest BCUT2D eigenvalue weighted by Gasteiger charge is -2.05. The van der Waals surface area contributed by atoms with E-state index in [1.54, 1.807) is 12.1 Å². The number of rotatable bonds is 7. The van der Waals surface area contributed by atoms with E-state index in [2.05, 4.69) is 4.72 Å². The summed E-state index contributed by atoms with van der Waals surface area (Å²) in [5, 5.41) is 0.651. The molecule has 0 heterocycles. The predicted molar refractivity (Wildman–Crippen MR) is 73.6 cm³/mol. The summed E-state index contributed by atoms with van der Waals surface area (Å²) < 4.78 is 28.6. The van der Waals surface area contributed by atoms with Gasteiger partial charge in [0.05, 0.1) is 6.26 Å². The van der Waals surface area contributed by atoms with Gasteiger partial charge in [-0.15, -0.1) is 0 Å². The van der Waals surface area contributed by atoms with Crippen LogP contribution in [0.1, 0.15) is 12.0 Å². The fraction of sp³-hybridized carbons (Fsp3) is 0.417. The van der Waals surface area contributed by atoms with Gasteiger partial charge >= 0.3 is 5.97 Å². The second kappa shape index (κ2) is 7.47. The van der Waals surface area contributed by atoms with Gasteiger partial charge in [-0.1, -0.05) is 23.7 Å². The van der Waals surface area contributed by atoms with Crippen molar-refractivity contribution < 1.29 is 17.9 Å². The Morgan fingerprint density at radius 2 is 1.95 bits per heavy atom. The van der Waals surface area contributed by atoms with Gasteiger partial charge in [-0.05, 0) is 24.1 Å². The molecule has 0 unspecified atom stereocenters. The van der Waals surface area contributed by atoms with Crippen molar-refractivity contribution in [3.05, 3.63) is 34.9 Å². The third-order valence-electron chi connectivity index (χ3n) is 2.26. The Balaban J connectivity index is 2.19. The zero-order valence-electron chi connectivity index (χ0n) is 10.6. The standard InChI is InChI=1S/C12H16ClNO4S/c1-19(16,17)14-8-9-18-12(15)7-4-10-2-5-11(13)6-3-10/h2-3,5-6,14H,4,7-9H2,1H3. The molecule has 0 amide bonds. The third kappa shape index (κ3) is 7.81. The van der Waals surface area contributed by atoms with E-state index in [0.29, 0.717) is 11.4 Å². The summed E-state index contributed by atoms with van der Waals surface area (Å²) in [6, 6.07) is 7.22. The lowest BCUT2D eigenvalue weighted by Crippen LogP contribution is -2.26. The van der Waals surface area contributed by atoms with Crippen LogP contribution >= 0.6 is 11.6 Å². The van der Waals surface area contributed by atoms with Gasteiger partial charge < -0.3 is 4.74 Å². The monoisotopic (exact) mass is 305 g/mol. The molecular formula is C12H16ClNO4S. The molecule has 1 N–H and O–H groups in total. The summed E-state index contributed by atoms with van der Waals surface area (Å²) in [5.74, 6) is -0.356. The molecule has 106 valence electrons. The minimum Gasteiger partial charge on any atom is -0.464 e. The van der Waals surface area contributed by atoms with Crippen molar-refractivity contribution in [2.24, 2.45) is 0 Å². The summed E-state index contributed by atoms with van der Waals surface area (Å²) in [6.45, 7) is 0.123. The molecule has 0 radical (unpaired) electrons. The van der Waals surface area contributed by atoms with Gasteiger partial charge in [0.25, 0.3) is 0 Å². The largest absolute Gasteiger partial charge is 0.464 e. The number of sulfonamides is 1. The second-order valence-corrected chi connectivity index (χ2v) is 6.28. The Kier molecular flexibility index (Phi) is 6.27. The van der Waals surface area contributed by atoms with Crippen molar-refractivity contribution in [1.29, 1.82) is 0 Å². The highest BCUT2D eigenvalue weighted by Gasteiger charge is 2.05. The molecule has 5 nitrogen and oxygen atoms in total. The fourth-order valence-corrected chi connectivity index (χ4v) is 1.94. The van der Waals surface area contributed by atoms with Gasteiger partial charge in [0.1, 0.15) is 6.61 Å². The summed E-state index contributed by atoms with van der Waals surface area (Å²) in [7, 11) is -3.24. The van der Waals surface area contributed by atoms with E-state index in [-0.39, 0.29) is 25.5 Å². The lowest BCUT2D eigenvalue weighted by molar-refractivity contribution is -0.143. The molecule has 1 aromatic carbocycles. The minimum atomic E-state index is -3.24. The van der Waals surface area contributed by atoms with Crippen molar-refractivity contribution in [1.82, 2.24) is 4.72 Å². The maximum atomic E-state index is 11.4. The SMILES string of the molecule is CS(=O)(=O)NCCOC(=O)CCc1ccc(Cl)cc1. The number of halogens is 1. The van der Waals surface area contributed by atoms with Crippen LogP contribution in [0.5, 0.6) is 0 Å². The highest BCUT2D eigenvalue weighted by Crippen LogP contribution is 2.11. The van der Waals surface area contributed by atoms with E-state index in [1.807, 2.05) is 12.1 Å². The molecule has 0 atom stereocenters. The first-order valence-electron chi connectivity index (χ1n) is 5.71. The Bertz CT molecular complexity index is 513. The van der Waals surface area contributed by atoms with Gasteiger partial charge in [0.15, 0.2) is 0 Å². The molecule has 0 spiro atoms. The molecule has 0 saturated carbocycles. The van der Waals surface area contributed by atoms with E-state index < -0.39 is 10.0 Å². The Morgan fingerprint density at radius 1 is 1.32 bits per heavy atom.